The van der Waals surface area contributed by atoms with Crippen LogP contribution in [-0.2, 0) is 11.2 Å². The second-order valence-corrected chi connectivity index (χ2v) is 6.86. The van der Waals surface area contributed by atoms with Crippen molar-refractivity contribution in [2.45, 2.75) is 19.4 Å². The second kappa shape index (κ2) is 8.39. The molecule has 28 heavy (non-hydrogen) atoms. The number of hydrogen-bond acceptors (Lipinski definition) is 4. The molecule has 0 aliphatic carbocycles. The van der Waals surface area contributed by atoms with Crippen LogP contribution in [0.4, 0.5) is 4.39 Å². The van der Waals surface area contributed by atoms with E-state index in [0.29, 0.717) is 31.1 Å². The van der Waals surface area contributed by atoms with Crippen LogP contribution >= 0.6 is 0 Å². The molecule has 1 aliphatic heterocycles. The van der Waals surface area contributed by atoms with Gasteiger partial charge in [0.25, 0.3) is 5.91 Å². The molecule has 0 aromatic heterocycles. The van der Waals surface area contributed by atoms with Crippen molar-refractivity contribution < 1.29 is 18.7 Å². The Bertz CT molecular complexity index is 870. The van der Waals surface area contributed by atoms with E-state index in [2.05, 4.69) is 0 Å². The number of nitrogens with zero attached hydrogens (tertiary/aromatic N) is 2. The summed E-state index contributed by atoms with van der Waals surface area (Å²) >= 11 is 0. The number of hydrogen-bond donors (Lipinski definition) is 1. The van der Waals surface area contributed by atoms with Gasteiger partial charge in [-0.05, 0) is 55.8 Å². The summed E-state index contributed by atoms with van der Waals surface area (Å²) in [5.74, 6) is -0.396. The number of carbonyl (C=O) groups excluding carboxylic acids is 2. The van der Waals surface area contributed by atoms with Crippen LogP contribution in [0.25, 0.3) is 0 Å². The van der Waals surface area contributed by atoms with Gasteiger partial charge in [-0.15, -0.1) is 0 Å². The predicted molar refractivity (Wildman–Crippen MR) is 104 cm³/mol. The van der Waals surface area contributed by atoms with Gasteiger partial charge in [0.1, 0.15) is 23.4 Å². The van der Waals surface area contributed by atoms with Crippen LogP contribution in [0.5, 0.6) is 11.5 Å². The molecule has 0 radical (unpaired) electrons. The highest BCUT2D eigenvalue weighted by atomic mass is 19.1. The van der Waals surface area contributed by atoms with E-state index >= 15 is 0 Å². The van der Waals surface area contributed by atoms with E-state index in [9.17, 15) is 14.0 Å². The van der Waals surface area contributed by atoms with Crippen molar-refractivity contribution in [1.29, 1.82) is 0 Å². The van der Waals surface area contributed by atoms with Gasteiger partial charge in [-0.1, -0.05) is 12.1 Å². The zero-order valence-corrected chi connectivity index (χ0v) is 16.0. The van der Waals surface area contributed by atoms with Crippen molar-refractivity contribution in [1.82, 2.24) is 9.80 Å². The Morgan fingerprint density at radius 3 is 2.54 bits per heavy atom. The lowest BCUT2D eigenvalue weighted by Crippen LogP contribution is -2.56. The summed E-state index contributed by atoms with van der Waals surface area (Å²) in [5.41, 5.74) is 6.53. The van der Waals surface area contributed by atoms with E-state index in [1.54, 1.807) is 31.0 Å². The van der Waals surface area contributed by atoms with Crippen molar-refractivity contribution in [3.8, 4) is 11.5 Å². The third-order valence-corrected chi connectivity index (χ3v) is 4.90. The van der Waals surface area contributed by atoms with Gasteiger partial charge in [-0.25, -0.2) is 4.39 Å². The molecule has 1 heterocycles. The van der Waals surface area contributed by atoms with E-state index in [1.807, 2.05) is 12.1 Å². The fraction of sp³-hybridized carbons (Fsp3) is 0.333. The molecule has 3 rings (SSSR count). The van der Waals surface area contributed by atoms with Crippen molar-refractivity contribution >= 4 is 11.8 Å². The molecule has 2 aromatic carbocycles. The number of likely N-dealkylation sites (N-methyl/N-ethyl adjacent to an activating group) is 1. The average molecular weight is 385 g/mol. The largest absolute Gasteiger partial charge is 0.457 e. The van der Waals surface area contributed by atoms with Gasteiger partial charge in [0.2, 0.25) is 5.91 Å². The topological polar surface area (TPSA) is 75.9 Å². The SMILES string of the molecule is CC1C(=O)N(C)CCN1C(=O)c1cc(Oc2ccc(CCN)cc2)ccc1F. The Hall–Kier alpha value is -2.93. The lowest BCUT2D eigenvalue weighted by molar-refractivity contribution is -0.137. The van der Waals surface area contributed by atoms with Gasteiger partial charge in [0.05, 0.1) is 5.56 Å². The summed E-state index contributed by atoms with van der Waals surface area (Å²) < 4.78 is 20.1. The van der Waals surface area contributed by atoms with Crippen LogP contribution < -0.4 is 10.5 Å². The zero-order valence-electron chi connectivity index (χ0n) is 16.0. The van der Waals surface area contributed by atoms with Gasteiger partial charge in [0, 0.05) is 20.1 Å². The highest BCUT2D eigenvalue weighted by Crippen LogP contribution is 2.26. The molecule has 1 aliphatic rings. The molecule has 0 saturated carbocycles. The second-order valence-electron chi connectivity index (χ2n) is 6.86. The molecule has 6 nitrogen and oxygen atoms in total. The van der Waals surface area contributed by atoms with Crippen molar-refractivity contribution in [3.05, 3.63) is 59.4 Å². The van der Waals surface area contributed by atoms with Gasteiger partial charge >= 0.3 is 0 Å². The van der Waals surface area contributed by atoms with Crippen LogP contribution in [0.3, 0.4) is 0 Å². The maximum Gasteiger partial charge on any atom is 0.257 e. The summed E-state index contributed by atoms with van der Waals surface area (Å²) in [6.45, 7) is 2.99. The summed E-state index contributed by atoms with van der Waals surface area (Å²) in [7, 11) is 1.69. The van der Waals surface area contributed by atoms with Gasteiger partial charge in [-0.2, -0.15) is 0 Å². The maximum atomic E-state index is 14.3. The van der Waals surface area contributed by atoms with E-state index in [-0.39, 0.29) is 11.5 Å². The van der Waals surface area contributed by atoms with Gasteiger partial charge < -0.3 is 20.3 Å². The van der Waals surface area contributed by atoms with Crippen molar-refractivity contribution in [2.75, 3.05) is 26.7 Å². The Labute approximate surface area is 163 Å². The lowest BCUT2D eigenvalue weighted by Gasteiger charge is -2.37. The number of nitrogens with two attached hydrogens (primary N) is 1. The first-order chi connectivity index (χ1) is 13.4. The molecule has 1 atom stereocenters. The Balaban J connectivity index is 1.79. The maximum absolute atomic E-state index is 14.3. The summed E-state index contributed by atoms with van der Waals surface area (Å²) in [6.07, 6.45) is 0.775. The van der Waals surface area contributed by atoms with E-state index in [4.69, 9.17) is 10.5 Å². The first-order valence-electron chi connectivity index (χ1n) is 9.23. The van der Waals surface area contributed by atoms with Crippen LogP contribution in [0.1, 0.15) is 22.8 Å². The van der Waals surface area contributed by atoms with Gasteiger partial charge in [0.15, 0.2) is 0 Å². The minimum absolute atomic E-state index is 0.110. The number of rotatable bonds is 5. The molecule has 2 aromatic rings. The lowest BCUT2D eigenvalue weighted by atomic mass is 10.1. The smallest absolute Gasteiger partial charge is 0.257 e. The quantitative estimate of drug-likeness (QED) is 0.858. The van der Waals surface area contributed by atoms with Crippen molar-refractivity contribution in [2.24, 2.45) is 5.73 Å². The summed E-state index contributed by atoms with van der Waals surface area (Å²) in [6, 6.07) is 10.8. The third kappa shape index (κ3) is 4.14. The number of amides is 2. The molecule has 1 unspecified atom stereocenters. The molecular weight excluding hydrogens is 361 g/mol. The normalized spacial score (nSPS) is 17.0. The minimum Gasteiger partial charge on any atom is -0.457 e. The minimum atomic E-state index is -0.644. The highest BCUT2D eigenvalue weighted by molar-refractivity contribution is 5.98. The van der Waals surface area contributed by atoms with E-state index in [0.717, 1.165) is 12.0 Å². The van der Waals surface area contributed by atoms with Crippen LogP contribution in [-0.4, -0.2) is 54.3 Å². The number of halogens is 1. The average Bonchev–Trinajstić information content (AvgIpc) is 2.69. The first kappa shape index (κ1) is 19.8. The predicted octanol–water partition coefficient (Wildman–Crippen LogP) is 2.42. The van der Waals surface area contributed by atoms with Gasteiger partial charge in [-0.3, -0.25) is 9.59 Å². The molecule has 2 N–H and O–H groups in total. The zero-order chi connectivity index (χ0) is 20.3. The Kier molecular flexibility index (Phi) is 5.94. The first-order valence-corrected chi connectivity index (χ1v) is 9.23. The monoisotopic (exact) mass is 385 g/mol. The summed E-state index contributed by atoms with van der Waals surface area (Å²) in [4.78, 5) is 28.0. The summed E-state index contributed by atoms with van der Waals surface area (Å²) in [5, 5.41) is 0. The number of carbonyl (C=O) groups is 2. The molecule has 7 heteroatoms. The third-order valence-electron chi connectivity index (χ3n) is 4.90. The Morgan fingerprint density at radius 1 is 1.18 bits per heavy atom. The van der Waals surface area contributed by atoms with E-state index in [1.165, 1.54) is 23.1 Å². The molecule has 148 valence electrons. The highest BCUT2D eigenvalue weighted by Gasteiger charge is 2.34. The fourth-order valence-corrected chi connectivity index (χ4v) is 3.20. The fourth-order valence-electron chi connectivity index (χ4n) is 3.20. The van der Waals surface area contributed by atoms with E-state index < -0.39 is 17.8 Å². The number of piperazine rings is 1. The molecule has 2 amide bonds. The van der Waals surface area contributed by atoms with Crippen molar-refractivity contribution in [3.63, 3.8) is 0 Å². The van der Waals surface area contributed by atoms with Crippen LogP contribution in [0, 0.1) is 5.82 Å². The number of ether oxygens (including phenoxy) is 1. The van der Waals surface area contributed by atoms with Crippen LogP contribution in [0.15, 0.2) is 42.5 Å². The Morgan fingerprint density at radius 2 is 1.86 bits per heavy atom. The molecule has 1 saturated heterocycles. The standard InChI is InChI=1S/C21H24FN3O3/c1-14-20(26)24(2)11-12-25(14)21(27)18-13-17(7-8-19(18)22)28-16-5-3-15(4-6-16)9-10-23/h3-8,13-14H,9-12,23H2,1-2H3. The molecular formula is C21H24FN3O3. The van der Waals surface area contributed by atoms with Crippen LogP contribution in [0.2, 0.25) is 0 Å². The number of benzene rings is 2. The molecule has 0 bridgehead atoms. The molecule has 0 spiro atoms. The molecule has 1 fully saturated rings.